The van der Waals surface area contributed by atoms with E-state index in [1.807, 2.05) is 50.3 Å². The van der Waals surface area contributed by atoms with Gasteiger partial charge in [0.1, 0.15) is 30.5 Å². The van der Waals surface area contributed by atoms with Crippen molar-refractivity contribution in [1.82, 2.24) is 0 Å². The maximum absolute atomic E-state index is 12.9. The number of carbonyl (C=O) groups excluding carboxylic acids is 1. The Bertz CT molecular complexity index is 956. The summed E-state index contributed by atoms with van der Waals surface area (Å²) in [6, 6.07) is 9.21. The molecule has 0 spiro atoms. The van der Waals surface area contributed by atoms with Crippen molar-refractivity contribution in [2.24, 2.45) is 0 Å². The van der Waals surface area contributed by atoms with Gasteiger partial charge in [0.15, 0.2) is 0 Å². The van der Waals surface area contributed by atoms with Crippen molar-refractivity contribution in [2.45, 2.75) is 95.3 Å². The van der Waals surface area contributed by atoms with E-state index in [0.29, 0.717) is 12.0 Å². The normalized spacial score (nSPS) is 25.1. The SMILES string of the molecule is COC[C@@H](O)[C@@H](OC/C=C(\C)[C@@H](C[C@H]1O[C@H](C=C(C)C)C[C@]1(C)O)OC(=O)Cc1ccccc1)[C@H](O)[C@H](O)CO. The number of aliphatic hydroxyl groups is 5. The number of hydrogen-bond donors (Lipinski definition) is 5. The Morgan fingerprint density at radius 1 is 1.15 bits per heavy atom. The van der Waals surface area contributed by atoms with Gasteiger partial charge in [-0.05, 0) is 38.8 Å². The highest BCUT2D eigenvalue weighted by molar-refractivity contribution is 5.73. The summed E-state index contributed by atoms with van der Waals surface area (Å²) in [5.74, 6) is -0.446. The molecule has 1 saturated heterocycles. The third-order valence-electron chi connectivity index (χ3n) is 6.90. The molecule has 1 aromatic rings. The number of aliphatic hydroxyl groups excluding tert-OH is 4. The second-order valence-corrected chi connectivity index (χ2v) is 10.9. The molecule has 8 atom stereocenters. The van der Waals surface area contributed by atoms with Gasteiger partial charge in [0.05, 0.1) is 44.1 Å². The first kappa shape index (κ1) is 34.1. The number of methoxy groups -OCH3 is 1. The number of benzene rings is 1. The maximum atomic E-state index is 12.9. The molecular formula is C30H46O10. The van der Waals surface area contributed by atoms with Gasteiger partial charge in [-0.1, -0.05) is 48.1 Å². The van der Waals surface area contributed by atoms with Crippen LogP contribution >= 0.6 is 0 Å². The number of allylic oxidation sites excluding steroid dienone is 1. The number of rotatable bonds is 16. The van der Waals surface area contributed by atoms with Crippen LogP contribution in [0.3, 0.4) is 0 Å². The van der Waals surface area contributed by atoms with Crippen LogP contribution in [0.15, 0.2) is 53.6 Å². The van der Waals surface area contributed by atoms with Gasteiger partial charge < -0.3 is 44.5 Å². The fraction of sp³-hybridized carbons (Fsp3) is 0.633. The molecule has 0 radical (unpaired) electrons. The van der Waals surface area contributed by atoms with Gasteiger partial charge in [0, 0.05) is 20.0 Å². The van der Waals surface area contributed by atoms with E-state index in [9.17, 15) is 30.3 Å². The average Bonchev–Trinajstić information content (AvgIpc) is 3.17. The fourth-order valence-corrected chi connectivity index (χ4v) is 4.66. The van der Waals surface area contributed by atoms with Crippen LogP contribution in [-0.4, -0.2) is 107 Å². The van der Waals surface area contributed by atoms with Gasteiger partial charge in [0.25, 0.3) is 0 Å². The van der Waals surface area contributed by atoms with Gasteiger partial charge >= 0.3 is 5.97 Å². The highest BCUT2D eigenvalue weighted by Crippen LogP contribution is 2.35. The smallest absolute Gasteiger partial charge is 0.310 e. The van der Waals surface area contributed by atoms with Gasteiger partial charge in [-0.15, -0.1) is 0 Å². The van der Waals surface area contributed by atoms with E-state index in [4.69, 9.17) is 18.9 Å². The minimum absolute atomic E-state index is 0.0694. The Hall–Kier alpha value is -2.15. The quantitative estimate of drug-likeness (QED) is 0.147. The standard InChI is InChI=1S/C30H46O10/c1-19(2)13-22-16-30(4,36)26(39-22)15-25(40-27(34)14-21-9-7-6-8-10-21)20(3)11-12-38-29(24(33)18-37-5)28(35)23(32)17-31/h6-11,13,22-26,28-29,31-33,35-36H,12,14-18H2,1-5H3/b20-11+/t22-,23-,24-,25-,26-,28-,29-,30+/m1/s1. The third kappa shape index (κ3) is 10.7. The summed E-state index contributed by atoms with van der Waals surface area (Å²) in [5, 5.41) is 50.9. The summed E-state index contributed by atoms with van der Waals surface area (Å²) in [6.45, 7) is 6.38. The van der Waals surface area contributed by atoms with Gasteiger partial charge in [0.2, 0.25) is 0 Å². The topological polar surface area (TPSA) is 155 Å². The first-order valence-electron chi connectivity index (χ1n) is 13.6. The molecule has 2 rings (SSSR count). The number of carbonyl (C=O) groups is 1. The van der Waals surface area contributed by atoms with Crippen LogP contribution in [0, 0.1) is 0 Å². The molecule has 0 saturated carbocycles. The Balaban J connectivity index is 2.21. The maximum Gasteiger partial charge on any atom is 0.310 e. The minimum Gasteiger partial charge on any atom is -0.457 e. The van der Waals surface area contributed by atoms with Crippen LogP contribution < -0.4 is 0 Å². The van der Waals surface area contributed by atoms with E-state index in [1.54, 1.807) is 19.9 Å². The van der Waals surface area contributed by atoms with E-state index >= 15 is 0 Å². The number of esters is 1. The van der Waals surface area contributed by atoms with E-state index in [1.165, 1.54) is 7.11 Å². The molecule has 1 aliphatic heterocycles. The predicted octanol–water partition coefficient (Wildman–Crippen LogP) is 1.46. The lowest BCUT2D eigenvalue weighted by molar-refractivity contribution is -0.149. The Morgan fingerprint density at radius 3 is 2.42 bits per heavy atom. The van der Waals surface area contributed by atoms with Crippen molar-refractivity contribution in [1.29, 1.82) is 0 Å². The molecular weight excluding hydrogens is 520 g/mol. The Kier molecular flexibility index (Phi) is 13.9. The second kappa shape index (κ2) is 16.3. The van der Waals surface area contributed by atoms with E-state index in [-0.39, 0.29) is 32.2 Å². The molecule has 10 heteroatoms. The van der Waals surface area contributed by atoms with Crippen molar-refractivity contribution in [3.05, 3.63) is 59.2 Å². The van der Waals surface area contributed by atoms with Crippen molar-refractivity contribution in [3.63, 3.8) is 0 Å². The largest absolute Gasteiger partial charge is 0.457 e. The third-order valence-corrected chi connectivity index (χ3v) is 6.90. The predicted molar refractivity (Wildman–Crippen MR) is 148 cm³/mol. The summed E-state index contributed by atoms with van der Waals surface area (Å²) >= 11 is 0. The van der Waals surface area contributed by atoms with Gasteiger partial charge in [-0.3, -0.25) is 4.79 Å². The van der Waals surface area contributed by atoms with Crippen molar-refractivity contribution >= 4 is 5.97 Å². The molecule has 0 aliphatic carbocycles. The van der Waals surface area contributed by atoms with Crippen LogP contribution in [-0.2, 0) is 30.2 Å². The molecule has 10 nitrogen and oxygen atoms in total. The first-order valence-corrected chi connectivity index (χ1v) is 13.6. The zero-order valence-electron chi connectivity index (χ0n) is 24.1. The minimum atomic E-state index is -1.57. The van der Waals surface area contributed by atoms with Gasteiger partial charge in [-0.2, -0.15) is 0 Å². The van der Waals surface area contributed by atoms with Crippen molar-refractivity contribution < 1.29 is 49.3 Å². The van der Waals surface area contributed by atoms with E-state index in [0.717, 1.165) is 11.1 Å². The summed E-state index contributed by atoms with van der Waals surface area (Å²) in [6.07, 6.45) is -2.98. The van der Waals surface area contributed by atoms with Crippen LogP contribution in [0.4, 0.5) is 0 Å². The fourth-order valence-electron chi connectivity index (χ4n) is 4.66. The molecule has 1 aromatic carbocycles. The zero-order valence-corrected chi connectivity index (χ0v) is 24.1. The average molecular weight is 567 g/mol. The zero-order chi connectivity index (χ0) is 29.9. The molecule has 5 N–H and O–H groups in total. The number of hydrogen-bond acceptors (Lipinski definition) is 10. The Labute approximate surface area is 236 Å². The molecule has 1 heterocycles. The van der Waals surface area contributed by atoms with Gasteiger partial charge in [-0.25, -0.2) is 0 Å². The highest BCUT2D eigenvalue weighted by Gasteiger charge is 2.44. The summed E-state index contributed by atoms with van der Waals surface area (Å²) in [7, 11) is 1.37. The van der Waals surface area contributed by atoms with E-state index < -0.39 is 54.8 Å². The van der Waals surface area contributed by atoms with Crippen LogP contribution in [0.5, 0.6) is 0 Å². The molecule has 1 aliphatic rings. The molecule has 0 bridgehead atoms. The number of ether oxygens (including phenoxy) is 4. The van der Waals surface area contributed by atoms with Crippen molar-refractivity contribution in [2.75, 3.05) is 26.9 Å². The monoisotopic (exact) mass is 566 g/mol. The molecule has 1 fully saturated rings. The first-order chi connectivity index (χ1) is 18.9. The molecule has 40 heavy (non-hydrogen) atoms. The van der Waals surface area contributed by atoms with Crippen LogP contribution in [0.2, 0.25) is 0 Å². The van der Waals surface area contributed by atoms with Crippen molar-refractivity contribution in [3.8, 4) is 0 Å². The summed E-state index contributed by atoms with van der Waals surface area (Å²) in [5.41, 5.74) is 1.34. The Morgan fingerprint density at radius 2 is 1.82 bits per heavy atom. The summed E-state index contributed by atoms with van der Waals surface area (Å²) < 4.78 is 22.6. The lowest BCUT2D eigenvalue weighted by Gasteiger charge is -2.30. The highest BCUT2D eigenvalue weighted by atomic mass is 16.6. The van der Waals surface area contributed by atoms with Crippen LogP contribution in [0.25, 0.3) is 0 Å². The van der Waals surface area contributed by atoms with Crippen LogP contribution in [0.1, 0.15) is 46.1 Å². The molecule has 0 amide bonds. The lowest BCUT2D eigenvalue weighted by Crippen LogP contribution is -2.49. The molecule has 226 valence electrons. The molecule has 0 aromatic heterocycles. The summed E-state index contributed by atoms with van der Waals surface area (Å²) in [4.78, 5) is 12.9. The van der Waals surface area contributed by atoms with E-state index in [2.05, 4.69) is 0 Å². The molecule has 0 unspecified atom stereocenters. The lowest BCUT2D eigenvalue weighted by atomic mass is 9.90. The second-order valence-electron chi connectivity index (χ2n) is 10.9.